The maximum Gasteiger partial charge on any atom is 0.295 e. The number of fused-ring (bicyclic) bond motifs is 1. The third-order valence-corrected chi connectivity index (χ3v) is 6.92. The highest BCUT2D eigenvalue weighted by Gasteiger charge is 2.46. The summed E-state index contributed by atoms with van der Waals surface area (Å²) in [5.74, 6) is -0.613. The molecule has 0 aromatic heterocycles. The second-order valence-corrected chi connectivity index (χ2v) is 9.67. The lowest BCUT2D eigenvalue weighted by molar-refractivity contribution is -0.139. The van der Waals surface area contributed by atoms with Crippen molar-refractivity contribution in [3.8, 4) is 5.75 Å². The summed E-state index contributed by atoms with van der Waals surface area (Å²) in [4.78, 5) is 30.2. The number of hydrogen-bond acceptors (Lipinski definition) is 5. The minimum absolute atomic E-state index is 0.0659. The second-order valence-electron chi connectivity index (χ2n) is 9.67. The van der Waals surface area contributed by atoms with E-state index in [0.717, 1.165) is 34.5 Å². The largest absolute Gasteiger partial charge is 0.507 e. The van der Waals surface area contributed by atoms with Crippen molar-refractivity contribution >= 4 is 23.1 Å². The van der Waals surface area contributed by atoms with Crippen LogP contribution in [-0.2, 0) is 22.4 Å². The second kappa shape index (κ2) is 9.53. The van der Waals surface area contributed by atoms with Crippen LogP contribution < -0.4 is 9.64 Å². The zero-order valence-corrected chi connectivity index (χ0v) is 20.8. The topological polar surface area (TPSA) is 70.1 Å². The molecule has 184 valence electrons. The molecule has 3 aromatic rings. The van der Waals surface area contributed by atoms with Gasteiger partial charge in [-0.3, -0.25) is 9.59 Å². The van der Waals surface area contributed by atoms with E-state index in [1.807, 2.05) is 92.6 Å². The summed E-state index contributed by atoms with van der Waals surface area (Å²) in [5.41, 5.74) is 4.49. The molecule has 0 saturated carbocycles. The van der Waals surface area contributed by atoms with Crippen LogP contribution in [0.5, 0.6) is 5.75 Å². The van der Waals surface area contributed by atoms with Crippen molar-refractivity contribution in [2.45, 2.75) is 31.9 Å². The van der Waals surface area contributed by atoms with Crippen molar-refractivity contribution in [3.05, 3.63) is 101 Å². The lowest BCUT2D eigenvalue weighted by Crippen LogP contribution is -2.31. The molecule has 2 heterocycles. The number of hydrogen-bond donors (Lipinski definition) is 1. The van der Waals surface area contributed by atoms with Crippen molar-refractivity contribution in [1.82, 2.24) is 4.90 Å². The van der Waals surface area contributed by atoms with Crippen LogP contribution in [0.1, 0.15) is 35.2 Å². The number of carbonyl (C=O) groups excluding carboxylic acids is 2. The molecule has 0 spiro atoms. The molecule has 2 aliphatic heterocycles. The Kier molecular flexibility index (Phi) is 6.27. The first-order valence-corrected chi connectivity index (χ1v) is 12.2. The molecule has 36 heavy (non-hydrogen) atoms. The monoisotopic (exact) mass is 482 g/mol. The van der Waals surface area contributed by atoms with Crippen LogP contribution in [0.2, 0.25) is 0 Å². The average molecular weight is 483 g/mol. The molecule has 2 aliphatic rings. The highest BCUT2D eigenvalue weighted by atomic mass is 16.5. The van der Waals surface area contributed by atoms with Gasteiger partial charge in [0.2, 0.25) is 0 Å². The van der Waals surface area contributed by atoms with E-state index in [4.69, 9.17) is 4.74 Å². The van der Waals surface area contributed by atoms with Crippen LogP contribution in [0.4, 0.5) is 5.69 Å². The van der Waals surface area contributed by atoms with Gasteiger partial charge in [0, 0.05) is 38.3 Å². The summed E-state index contributed by atoms with van der Waals surface area (Å²) in [6.45, 7) is 2.36. The Morgan fingerprint density at radius 1 is 1.03 bits per heavy atom. The SMILES string of the molecule is C[C@@H]1Cc2cc(/C(O)=C3\C(=O)C(=O)N(CCc4ccccc4)[C@H]3c3ccc(N(C)C)cc3)ccc2O1. The van der Waals surface area contributed by atoms with E-state index >= 15 is 0 Å². The Morgan fingerprint density at radius 3 is 2.44 bits per heavy atom. The van der Waals surface area contributed by atoms with E-state index in [9.17, 15) is 14.7 Å². The predicted octanol–water partition coefficient (Wildman–Crippen LogP) is 4.74. The third-order valence-electron chi connectivity index (χ3n) is 6.92. The quantitative estimate of drug-likeness (QED) is 0.312. The van der Waals surface area contributed by atoms with Crippen molar-refractivity contribution in [3.63, 3.8) is 0 Å². The van der Waals surface area contributed by atoms with Crippen LogP contribution in [-0.4, -0.2) is 48.4 Å². The third kappa shape index (κ3) is 4.35. The molecule has 6 heteroatoms. The molecule has 0 aliphatic carbocycles. The van der Waals surface area contributed by atoms with E-state index in [-0.39, 0.29) is 17.4 Å². The minimum Gasteiger partial charge on any atom is -0.507 e. The van der Waals surface area contributed by atoms with Crippen LogP contribution >= 0.6 is 0 Å². The number of amides is 1. The summed E-state index contributed by atoms with van der Waals surface area (Å²) in [5, 5.41) is 11.4. The first kappa shape index (κ1) is 23.7. The van der Waals surface area contributed by atoms with E-state index in [1.54, 1.807) is 11.0 Å². The van der Waals surface area contributed by atoms with Crippen molar-refractivity contribution in [1.29, 1.82) is 0 Å². The predicted molar refractivity (Wildman–Crippen MR) is 140 cm³/mol. The molecular weight excluding hydrogens is 452 g/mol. The van der Waals surface area contributed by atoms with Crippen LogP contribution in [0.25, 0.3) is 5.76 Å². The molecule has 1 N–H and O–H groups in total. The Balaban J connectivity index is 1.57. The maximum atomic E-state index is 13.3. The number of ketones is 1. The first-order chi connectivity index (χ1) is 17.3. The number of aliphatic hydroxyl groups is 1. The molecule has 1 saturated heterocycles. The Bertz CT molecular complexity index is 1330. The number of carbonyl (C=O) groups is 2. The lowest BCUT2D eigenvalue weighted by Gasteiger charge is -2.26. The van der Waals surface area contributed by atoms with Gasteiger partial charge < -0.3 is 19.6 Å². The van der Waals surface area contributed by atoms with Gasteiger partial charge in [-0.15, -0.1) is 0 Å². The van der Waals surface area contributed by atoms with Crippen molar-refractivity contribution in [2.75, 3.05) is 25.5 Å². The molecule has 5 rings (SSSR count). The molecule has 0 unspecified atom stereocenters. The van der Waals surface area contributed by atoms with Crippen LogP contribution in [0.15, 0.2) is 78.4 Å². The normalized spacial score (nSPS) is 20.4. The molecule has 3 aromatic carbocycles. The number of benzene rings is 3. The number of ether oxygens (including phenoxy) is 1. The van der Waals surface area contributed by atoms with Gasteiger partial charge in [0.15, 0.2) is 0 Å². The Labute approximate surface area is 211 Å². The molecule has 0 bridgehead atoms. The van der Waals surface area contributed by atoms with E-state index < -0.39 is 17.7 Å². The zero-order chi connectivity index (χ0) is 25.4. The van der Waals surface area contributed by atoms with E-state index in [1.165, 1.54) is 0 Å². The summed E-state index contributed by atoms with van der Waals surface area (Å²) in [6, 6.07) is 22.4. The molecule has 6 nitrogen and oxygen atoms in total. The van der Waals surface area contributed by atoms with Crippen molar-refractivity contribution in [2.24, 2.45) is 0 Å². The van der Waals surface area contributed by atoms with Gasteiger partial charge in [0.25, 0.3) is 11.7 Å². The van der Waals surface area contributed by atoms with Gasteiger partial charge in [-0.1, -0.05) is 42.5 Å². The lowest BCUT2D eigenvalue weighted by atomic mass is 9.94. The van der Waals surface area contributed by atoms with Gasteiger partial charge in [0.1, 0.15) is 17.6 Å². The van der Waals surface area contributed by atoms with Gasteiger partial charge >= 0.3 is 0 Å². The fourth-order valence-electron chi connectivity index (χ4n) is 5.03. The minimum atomic E-state index is -0.673. The highest BCUT2D eigenvalue weighted by Crippen LogP contribution is 2.41. The standard InChI is InChI=1S/C30H30N2O4/c1-19-17-23-18-22(11-14-25(23)36-19)28(33)26-27(21-9-12-24(13-10-21)31(2)3)32(30(35)29(26)34)16-15-20-7-5-4-6-8-20/h4-14,18-19,27,33H,15-17H2,1-3H3/b28-26+/t19-,27+/m1/s1. The van der Waals surface area contributed by atoms with Gasteiger partial charge in [-0.25, -0.2) is 0 Å². The number of Topliss-reactive ketones (excluding diaryl/α,β-unsaturated/α-hetero) is 1. The Hall–Kier alpha value is -4.06. The highest BCUT2D eigenvalue weighted by molar-refractivity contribution is 6.46. The average Bonchev–Trinajstić information content (AvgIpc) is 3.38. The van der Waals surface area contributed by atoms with E-state index in [0.29, 0.717) is 18.5 Å². The summed E-state index contributed by atoms with van der Waals surface area (Å²) < 4.78 is 5.79. The Morgan fingerprint density at radius 2 is 1.75 bits per heavy atom. The summed E-state index contributed by atoms with van der Waals surface area (Å²) >= 11 is 0. The van der Waals surface area contributed by atoms with Crippen molar-refractivity contribution < 1.29 is 19.4 Å². The van der Waals surface area contributed by atoms with Gasteiger partial charge in [0.05, 0.1) is 11.6 Å². The number of nitrogens with zero attached hydrogens (tertiary/aromatic N) is 2. The number of anilines is 1. The van der Waals surface area contributed by atoms with Crippen LogP contribution in [0.3, 0.4) is 0 Å². The summed E-state index contributed by atoms with van der Waals surface area (Å²) in [7, 11) is 3.92. The number of likely N-dealkylation sites (tertiary alicyclic amines) is 1. The van der Waals surface area contributed by atoms with E-state index in [2.05, 4.69) is 0 Å². The number of aliphatic hydroxyl groups excluding tert-OH is 1. The molecular formula is C30H30N2O4. The van der Waals surface area contributed by atoms with Gasteiger partial charge in [-0.2, -0.15) is 0 Å². The number of rotatable bonds is 6. The first-order valence-electron chi connectivity index (χ1n) is 12.2. The smallest absolute Gasteiger partial charge is 0.295 e. The molecule has 1 amide bonds. The molecule has 2 atom stereocenters. The molecule has 1 fully saturated rings. The van der Waals surface area contributed by atoms with Gasteiger partial charge in [-0.05, 0) is 60.4 Å². The van der Waals surface area contributed by atoms with Crippen LogP contribution in [0, 0.1) is 0 Å². The summed E-state index contributed by atoms with van der Waals surface area (Å²) in [6.07, 6.45) is 1.40. The maximum absolute atomic E-state index is 13.3. The fraction of sp³-hybridized carbons (Fsp3) is 0.267. The molecule has 0 radical (unpaired) electrons. The fourth-order valence-corrected chi connectivity index (χ4v) is 5.03. The zero-order valence-electron chi connectivity index (χ0n) is 20.8.